The summed E-state index contributed by atoms with van der Waals surface area (Å²) in [6.45, 7) is 4.18. The lowest BCUT2D eigenvalue weighted by Gasteiger charge is -2.15. The van der Waals surface area contributed by atoms with Crippen molar-refractivity contribution >= 4 is 11.4 Å². The Hall–Kier alpha value is -2.93. The largest absolute Gasteiger partial charge is 0.289 e. The molecule has 0 heterocycles. The average molecular weight is 312 g/mol. The van der Waals surface area contributed by atoms with Gasteiger partial charge in [0.1, 0.15) is 0 Å². The van der Waals surface area contributed by atoms with E-state index < -0.39 is 0 Å². The quantitative estimate of drug-likeness (QED) is 0.560. The van der Waals surface area contributed by atoms with Crippen molar-refractivity contribution in [3.63, 3.8) is 0 Å². The predicted molar refractivity (Wildman–Crippen MR) is 100 cm³/mol. The molecule has 0 bridgehead atoms. The highest BCUT2D eigenvalue weighted by atomic mass is 16.1. The zero-order valence-corrected chi connectivity index (χ0v) is 14.0. The third-order valence-electron chi connectivity index (χ3n) is 4.04. The molecule has 0 spiro atoms. The van der Waals surface area contributed by atoms with E-state index in [1.165, 1.54) is 5.57 Å². The Balaban J connectivity index is 2.16. The third kappa shape index (κ3) is 3.21. The van der Waals surface area contributed by atoms with Crippen molar-refractivity contribution in [2.24, 2.45) is 0 Å². The van der Waals surface area contributed by atoms with Gasteiger partial charge in [0.2, 0.25) is 0 Å². The lowest BCUT2D eigenvalue weighted by atomic mass is 9.88. The van der Waals surface area contributed by atoms with Gasteiger partial charge in [-0.1, -0.05) is 90.5 Å². The van der Waals surface area contributed by atoms with Gasteiger partial charge >= 0.3 is 0 Å². The van der Waals surface area contributed by atoms with Gasteiger partial charge in [-0.05, 0) is 30.5 Å². The maximum absolute atomic E-state index is 13.0. The van der Waals surface area contributed by atoms with Gasteiger partial charge in [-0.3, -0.25) is 4.79 Å². The average Bonchev–Trinajstić information content (AvgIpc) is 2.63. The molecule has 0 amide bonds. The van der Waals surface area contributed by atoms with Crippen LogP contribution in [0.15, 0.2) is 90.5 Å². The molecule has 3 rings (SSSR count). The summed E-state index contributed by atoms with van der Waals surface area (Å²) in [6.07, 6.45) is 0. The van der Waals surface area contributed by atoms with Crippen LogP contribution in [0.25, 0.3) is 5.57 Å². The first kappa shape index (κ1) is 15.9. The van der Waals surface area contributed by atoms with Gasteiger partial charge in [0.25, 0.3) is 0 Å². The Morgan fingerprint density at radius 3 is 1.58 bits per heavy atom. The van der Waals surface area contributed by atoms with E-state index >= 15 is 0 Å². The second-order valence-corrected chi connectivity index (χ2v) is 5.98. The minimum absolute atomic E-state index is 0.0564. The Kier molecular flexibility index (Phi) is 4.72. The van der Waals surface area contributed by atoms with E-state index in [2.05, 4.69) is 26.0 Å². The number of hydrogen-bond donors (Lipinski definition) is 0. The summed E-state index contributed by atoms with van der Waals surface area (Å²) in [5.74, 6) is 0.0564. The first-order valence-electron chi connectivity index (χ1n) is 8.10. The van der Waals surface area contributed by atoms with Crippen LogP contribution in [0.5, 0.6) is 0 Å². The SMILES string of the molecule is CC(C)=C(c1ccccc1)c1ccccc1C(=O)c1ccccc1. The summed E-state index contributed by atoms with van der Waals surface area (Å²) in [5.41, 5.74) is 5.88. The van der Waals surface area contributed by atoms with Crippen LogP contribution in [0.4, 0.5) is 0 Å². The molecule has 118 valence electrons. The van der Waals surface area contributed by atoms with Crippen LogP contribution in [-0.2, 0) is 0 Å². The molecule has 24 heavy (non-hydrogen) atoms. The molecule has 0 atom stereocenters. The minimum Gasteiger partial charge on any atom is -0.289 e. The van der Waals surface area contributed by atoms with Crippen molar-refractivity contribution in [3.8, 4) is 0 Å². The highest BCUT2D eigenvalue weighted by molar-refractivity contribution is 6.12. The lowest BCUT2D eigenvalue weighted by molar-refractivity contribution is 0.103. The van der Waals surface area contributed by atoms with E-state index in [1.807, 2.05) is 72.8 Å². The van der Waals surface area contributed by atoms with E-state index in [0.717, 1.165) is 22.3 Å². The molecule has 0 N–H and O–H groups in total. The first-order chi connectivity index (χ1) is 11.7. The zero-order valence-electron chi connectivity index (χ0n) is 14.0. The molecule has 3 aromatic rings. The van der Waals surface area contributed by atoms with Gasteiger partial charge in [-0.15, -0.1) is 0 Å². The van der Waals surface area contributed by atoms with Gasteiger partial charge in [0, 0.05) is 11.1 Å². The minimum atomic E-state index is 0.0564. The molecule has 0 aromatic heterocycles. The second-order valence-electron chi connectivity index (χ2n) is 5.98. The number of hydrogen-bond acceptors (Lipinski definition) is 1. The summed E-state index contributed by atoms with van der Waals surface area (Å²) < 4.78 is 0. The van der Waals surface area contributed by atoms with Crippen LogP contribution in [0.1, 0.15) is 40.9 Å². The van der Waals surface area contributed by atoms with Crippen LogP contribution < -0.4 is 0 Å². The zero-order chi connectivity index (χ0) is 16.9. The van der Waals surface area contributed by atoms with Crippen molar-refractivity contribution in [1.29, 1.82) is 0 Å². The number of ketones is 1. The Bertz CT molecular complexity index is 870. The Morgan fingerprint density at radius 2 is 1.04 bits per heavy atom. The standard InChI is InChI=1S/C23H20O/c1-17(2)22(18-11-5-3-6-12-18)20-15-9-10-16-21(20)23(24)19-13-7-4-8-14-19/h3-16H,1-2H3. The number of allylic oxidation sites excluding steroid dienone is 1. The molecule has 1 nitrogen and oxygen atoms in total. The highest BCUT2D eigenvalue weighted by Gasteiger charge is 2.17. The number of rotatable bonds is 4. The lowest BCUT2D eigenvalue weighted by Crippen LogP contribution is -2.06. The second kappa shape index (κ2) is 7.10. The number of benzene rings is 3. The van der Waals surface area contributed by atoms with Crippen molar-refractivity contribution in [2.45, 2.75) is 13.8 Å². The topological polar surface area (TPSA) is 17.1 Å². The molecule has 0 aliphatic rings. The van der Waals surface area contributed by atoms with Crippen molar-refractivity contribution in [2.75, 3.05) is 0 Å². The van der Waals surface area contributed by atoms with E-state index in [0.29, 0.717) is 5.56 Å². The molecule has 3 aromatic carbocycles. The molecule has 0 radical (unpaired) electrons. The fourth-order valence-electron chi connectivity index (χ4n) is 2.96. The molecule has 0 fully saturated rings. The van der Waals surface area contributed by atoms with Gasteiger partial charge in [-0.25, -0.2) is 0 Å². The molecular weight excluding hydrogens is 292 g/mol. The molecule has 0 saturated carbocycles. The summed E-state index contributed by atoms with van der Waals surface area (Å²) in [7, 11) is 0. The molecule has 0 aliphatic heterocycles. The molecule has 1 heteroatoms. The Morgan fingerprint density at radius 1 is 0.583 bits per heavy atom. The highest BCUT2D eigenvalue weighted by Crippen LogP contribution is 2.30. The van der Waals surface area contributed by atoms with Gasteiger partial charge in [0.15, 0.2) is 5.78 Å². The number of carbonyl (C=O) groups is 1. The Labute approximate surface area is 143 Å². The smallest absolute Gasteiger partial charge is 0.193 e. The summed E-state index contributed by atoms with van der Waals surface area (Å²) in [6, 6.07) is 27.6. The maximum Gasteiger partial charge on any atom is 0.193 e. The summed E-state index contributed by atoms with van der Waals surface area (Å²) >= 11 is 0. The normalized spacial score (nSPS) is 10.2. The van der Waals surface area contributed by atoms with E-state index in [-0.39, 0.29) is 5.78 Å². The summed E-state index contributed by atoms with van der Waals surface area (Å²) in [5, 5.41) is 0. The van der Waals surface area contributed by atoms with Crippen LogP contribution >= 0.6 is 0 Å². The predicted octanol–water partition coefficient (Wildman–Crippen LogP) is 5.76. The fourth-order valence-corrected chi connectivity index (χ4v) is 2.96. The maximum atomic E-state index is 13.0. The molecule has 0 unspecified atom stereocenters. The van der Waals surface area contributed by atoms with Crippen molar-refractivity contribution in [3.05, 3.63) is 113 Å². The van der Waals surface area contributed by atoms with E-state index in [4.69, 9.17) is 0 Å². The van der Waals surface area contributed by atoms with Crippen LogP contribution in [-0.4, -0.2) is 5.78 Å². The van der Waals surface area contributed by atoms with Crippen molar-refractivity contribution < 1.29 is 4.79 Å². The first-order valence-corrected chi connectivity index (χ1v) is 8.10. The third-order valence-corrected chi connectivity index (χ3v) is 4.04. The van der Waals surface area contributed by atoms with Gasteiger partial charge < -0.3 is 0 Å². The van der Waals surface area contributed by atoms with E-state index in [1.54, 1.807) is 0 Å². The molecular formula is C23H20O. The van der Waals surface area contributed by atoms with E-state index in [9.17, 15) is 4.79 Å². The fraction of sp³-hybridized carbons (Fsp3) is 0.0870. The molecule has 0 aliphatic carbocycles. The van der Waals surface area contributed by atoms with Gasteiger partial charge in [-0.2, -0.15) is 0 Å². The molecule has 0 saturated heterocycles. The van der Waals surface area contributed by atoms with Crippen LogP contribution in [0.2, 0.25) is 0 Å². The van der Waals surface area contributed by atoms with Crippen LogP contribution in [0, 0.1) is 0 Å². The number of carbonyl (C=O) groups excluding carboxylic acids is 1. The van der Waals surface area contributed by atoms with Crippen molar-refractivity contribution in [1.82, 2.24) is 0 Å². The van der Waals surface area contributed by atoms with Gasteiger partial charge in [0.05, 0.1) is 0 Å². The van der Waals surface area contributed by atoms with Crippen LogP contribution in [0.3, 0.4) is 0 Å². The monoisotopic (exact) mass is 312 g/mol. The summed E-state index contributed by atoms with van der Waals surface area (Å²) in [4.78, 5) is 13.0.